The van der Waals surface area contributed by atoms with Crippen molar-refractivity contribution in [3.8, 4) is 5.88 Å². The third kappa shape index (κ3) is 4.91. The predicted octanol–water partition coefficient (Wildman–Crippen LogP) is 3.00. The van der Waals surface area contributed by atoms with E-state index in [1.54, 1.807) is 24.3 Å². The Morgan fingerprint density at radius 2 is 1.57 bits per heavy atom. The van der Waals surface area contributed by atoms with Crippen LogP contribution in [0.4, 0.5) is 22.1 Å². The summed E-state index contributed by atoms with van der Waals surface area (Å²) in [5.41, 5.74) is 1.85. The first kappa shape index (κ1) is 22.1. The first-order valence-electron chi connectivity index (χ1n) is 8.72. The van der Waals surface area contributed by atoms with Gasteiger partial charge in [-0.1, -0.05) is 36.4 Å². The molecule has 0 aliphatic rings. The number of nitrogens with zero attached hydrogens (tertiary/aromatic N) is 4. The van der Waals surface area contributed by atoms with Gasteiger partial charge in [0.05, 0.1) is 17.7 Å². The van der Waals surface area contributed by atoms with E-state index in [0.717, 1.165) is 0 Å². The molecular formula is C20H17KN6O3. The number of rotatable bonds is 4. The Kier molecular flexibility index (Phi) is 7.29. The number of aromatic amines is 1. The molecule has 2 aromatic carbocycles. The van der Waals surface area contributed by atoms with Crippen LogP contribution < -0.4 is 15.0 Å². The summed E-state index contributed by atoms with van der Waals surface area (Å²) in [6, 6.07) is 18.2. The number of hydrogen-bond donors (Lipinski definition) is 2. The maximum absolute atomic E-state index is 13.1. The summed E-state index contributed by atoms with van der Waals surface area (Å²) in [4.78, 5) is 41.1. The summed E-state index contributed by atoms with van der Waals surface area (Å²) in [6.45, 7) is 1.33. The van der Waals surface area contributed by atoms with Crippen molar-refractivity contribution in [2.75, 3.05) is 10.2 Å². The van der Waals surface area contributed by atoms with Crippen LogP contribution in [0.3, 0.4) is 0 Å². The SMILES string of the molecule is CC(=O)Nc1nc(OC(=O)N(c2ccccc2)c2ccccc2)c2[nH]cnc2n1.[KH]. The van der Waals surface area contributed by atoms with E-state index in [2.05, 4.69) is 25.3 Å². The predicted molar refractivity (Wildman–Crippen MR) is 114 cm³/mol. The van der Waals surface area contributed by atoms with Crippen LogP contribution in [0, 0.1) is 0 Å². The minimum absolute atomic E-state index is 0. The van der Waals surface area contributed by atoms with Crippen molar-refractivity contribution in [2.45, 2.75) is 6.92 Å². The van der Waals surface area contributed by atoms with Gasteiger partial charge >= 0.3 is 57.5 Å². The quantitative estimate of drug-likeness (QED) is 0.483. The summed E-state index contributed by atoms with van der Waals surface area (Å²) in [5, 5.41) is 2.47. The molecule has 0 fully saturated rings. The van der Waals surface area contributed by atoms with Crippen molar-refractivity contribution < 1.29 is 14.3 Å². The Balaban J connectivity index is 0.00000256. The Morgan fingerprint density at radius 1 is 0.967 bits per heavy atom. The zero-order valence-electron chi connectivity index (χ0n) is 15.4. The molecule has 4 aromatic rings. The molecule has 0 aliphatic carbocycles. The summed E-state index contributed by atoms with van der Waals surface area (Å²) < 4.78 is 5.59. The molecule has 9 nitrogen and oxygen atoms in total. The van der Waals surface area contributed by atoms with Gasteiger partial charge in [0, 0.05) is 6.92 Å². The molecule has 2 N–H and O–H groups in total. The Bertz CT molecular complexity index is 1130. The topological polar surface area (TPSA) is 113 Å². The van der Waals surface area contributed by atoms with Crippen LogP contribution in [-0.4, -0.2) is 83.3 Å². The number of anilines is 3. The zero-order valence-corrected chi connectivity index (χ0v) is 15.4. The van der Waals surface area contributed by atoms with E-state index in [0.29, 0.717) is 16.9 Å². The average Bonchev–Trinajstić information content (AvgIpc) is 3.18. The van der Waals surface area contributed by atoms with Crippen LogP contribution in [0.5, 0.6) is 5.88 Å². The van der Waals surface area contributed by atoms with Crippen LogP contribution in [0.1, 0.15) is 6.92 Å². The van der Waals surface area contributed by atoms with Gasteiger partial charge in [-0.05, 0) is 24.3 Å². The van der Waals surface area contributed by atoms with Gasteiger partial charge in [0.2, 0.25) is 11.9 Å². The van der Waals surface area contributed by atoms with Gasteiger partial charge in [0.15, 0.2) is 5.65 Å². The van der Waals surface area contributed by atoms with Gasteiger partial charge in [-0.25, -0.2) is 14.7 Å². The first-order chi connectivity index (χ1) is 14.1. The molecule has 10 heteroatoms. The zero-order chi connectivity index (χ0) is 20.2. The van der Waals surface area contributed by atoms with Gasteiger partial charge in [-0.15, -0.1) is 0 Å². The number of carbonyl (C=O) groups excluding carboxylic acids is 2. The second kappa shape index (κ2) is 9.91. The van der Waals surface area contributed by atoms with E-state index < -0.39 is 6.09 Å². The van der Waals surface area contributed by atoms with Crippen LogP contribution in [0.15, 0.2) is 67.0 Å². The fourth-order valence-corrected chi connectivity index (χ4v) is 2.74. The second-order valence-electron chi connectivity index (χ2n) is 6.01. The molecule has 2 heterocycles. The molecule has 0 unspecified atom stereocenters. The van der Waals surface area contributed by atoms with Gasteiger partial charge in [0.1, 0.15) is 5.52 Å². The minimum atomic E-state index is -0.675. The van der Waals surface area contributed by atoms with E-state index in [1.165, 1.54) is 18.2 Å². The number of para-hydroxylation sites is 2. The van der Waals surface area contributed by atoms with Crippen LogP contribution in [-0.2, 0) is 4.79 Å². The standard InChI is InChI=1S/C20H16N6O3.K.H/c1-13(27)23-19-24-17-16(21-12-22-17)18(25-19)29-20(28)26(14-8-4-2-5-9-14)15-10-6-3-7-11-15;;/h2-12H,1H3,(H2,21,22,23,24,25,27);;. The molecule has 2 aromatic heterocycles. The fraction of sp³-hybridized carbons (Fsp3) is 0.0500. The molecule has 30 heavy (non-hydrogen) atoms. The van der Waals surface area contributed by atoms with E-state index in [4.69, 9.17) is 4.74 Å². The molecule has 2 amide bonds. The van der Waals surface area contributed by atoms with Crippen molar-refractivity contribution in [3.05, 3.63) is 67.0 Å². The molecular weight excluding hydrogens is 411 g/mol. The molecule has 0 aliphatic heterocycles. The number of benzene rings is 2. The van der Waals surface area contributed by atoms with Crippen molar-refractivity contribution in [1.29, 1.82) is 0 Å². The number of nitrogens with one attached hydrogen (secondary N) is 2. The number of aromatic nitrogens is 4. The van der Waals surface area contributed by atoms with E-state index >= 15 is 0 Å². The van der Waals surface area contributed by atoms with Gasteiger partial charge in [-0.2, -0.15) is 9.97 Å². The Morgan fingerprint density at radius 3 is 2.13 bits per heavy atom. The summed E-state index contributed by atoms with van der Waals surface area (Å²) >= 11 is 0. The van der Waals surface area contributed by atoms with Gasteiger partial charge < -0.3 is 9.72 Å². The summed E-state index contributed by atoms with van der Waals surface area (Å²) in [5.74, 6) is -0.406. The number of H-pyrrole nitrogens is 1. The van der Waals surface area contributed by atoms with Crippen molar-refractivity contribution in [2.24, 2.45) is 0 Å². The molecule has 4 rings (SSSR count). The Labute approximate surface area is 214 Å². The number of imidazole rings is 1. The third-order valence-corrected chi connectivity index (χ3v) is 3.94. The van der Waals surface area contributed by atoms with Crippen molar-refractivity contribution in [3.63, 3.8) is 0 Å². The normalized spacial score (nSPS) is 10.2. The van der Waals surface area contributed by atoms with Crippen LogP contribution in [0.2, 0.25) is 0 Å². The van der Waals surface area contributed by atoms with Crippen LogP contribution in [0.25, 0.3) is 11.2 Å². The van der Waals surface area contributed by atoms with Crippen molar-refractivity contribution >= 4 is 91.9 Å². The molecule has 0 saturated heterocycles. The van der Waals surface area contributed by atoms with E-state index in [9.17, 15) is 9.59 Å². The molecule has 146 valence electrons. The van der Waals surface area contributed by atoms with Crippen LogP contribution >= 0.6 is 0 Å². The molecule has 0 saturated carbocycles. The Hall–Kier alpha value is -2.63. The summed E-state index contributed by atoms with van der Waals surface area (Å²) in [7, 11) is 0. The number of fused-ring (bicyclic) bond motifs is 1. The number of carbonyl (C=O) groups is 2. The number of hydrogen-bond acceptors (Lipinski definition) is 6. The molecule has 0 spiro atoms. The first-order valence-corrected chi connectivity index (χ1v) is 8.72. The number of amides is 2. The van der Waals surface area contributed by atoms with E-state index in [1.807, 2.05) is 36.4 Å². The van der Waals surface area contributed by atoms with Gasteiger partial charge in [0.25, 0.3) is 5.88 Å². The monoisotopic (exact) mass is 428 g/mol. The fourth-order valence-electron chi connectivity index (χ4n) is 2.74. The summed E-state index contributed by atoms with van der Waals surface area (Å²) in [6.07, 6.45) is 0.728. The average molecular weight is 428 g/mol. The number of ether oxygens (including phenoxy) is 1. The molecule has 0 atom stereocenters. The third-order valence-electron chi connectivity index (χ3n) is 3.94. The molecule has 0 bridgehead atoms. The van der Waals surface area contributed by atoms with Crippen molar-refractivity contribution in [1.82, 2.24) is 19.9 Å². The van der Waals surface area contributed by atoms with Gasteiger partial charge in [-0.3, -0.25) is 10.1 Å². The molecule has 0 radical (unpaired) electrons. The van der Waals surface area contributed by atoms with E-state index in [-0.39, 0.29) is 74.8 Å². The second-order valence-corrected chi connectivity index (χ2v) is 6.01. The maximum atomic E-state index is 13.1.